The molecule has 2 N–H and O–H groups in total. The molecule has 0 unspecified atom stereocenters. The van der Waals surface area contributed by atoms with E-state index in [4.69, 9.17) is 23.4 Å². The summed E-state index contributed by atoms with van der Waals surface area (Å²) in [6.07, 6.45) is -0.592. The molecule has 0 aliphatic carbocycles. The average molecular weight is 883 g/mol. The third kappa shape index (κ3) is 11.8. The van der Waals surface area contributed by atoms with Gasteiger partial charge in [-0.1, -0.05) is 87.2 Å². The molecule has 0 spiro atoms. The summed E-state index contributed by atoms with van der Waals surface area (Å²) in [5.41, 5.74) is 2.99. The van der Waals surface area contributed by atoms with E-state index in [1.165, 1.54) is 0 Å². The van der Waals surface area contributed by atoms with Crippen LogP contribution in [0.1, 0.15) is 80.3 Å². The van der Waals surface area contributed by atoms with Gasteiger partial charge in [-0.05, 0) is 96.3 Å². The SMILES string of the molecule is C=C(c1ccccc1OCc1ccc(OC)cc1)c1oc([C@@H](NC(=O)[C@H](Cc2ccc(OCc3ccccc3)c(I)c2)NC(=O)OC(C)(C)C)C(C)C)nc1C#N. The van der Waals surface area contributed by atoms with Gasteiger partial charge in [0, 0.05) is 17.6 Å². The molecule has 5 aromatic rings. The predicted octanol–water partition coefficient (Wildman–Crippen LogP) is 9.33. The Labute approximate surface area is 347 Å². The van der Waals surface area contributed by atoms with Crippen LogP contribution in [0.3, 0.4) is 0 Å². The van der Waals surface area contributed by atoms with E-state index >= 15 is 0 Å². The van der Waals surface area contributed by atoms with Crippen LogP contribution < -0.4 is 24.8 Å². The Morgan fingerprint density at radius 2 is 1.51 bits per heavy atom. The van der Waals surface area contributed by atoms with Crippen molar-refractivity contribution in [1.29, 1.82) is 5.26 Å². The Bertz CT molecular complexity index is 2210. The second-order valence-electron chi connectivity index (χ2n) is 14.6. The maximum atomic E-state index is 14.2. The van der Waals surface area contributed by atoms with Crippen LogP contribution in [0.15, 0.2) is 108 Å². The highest BCUT2D eigenvalue weighted by atomic mass is 127. The number of hydrogen-bond donors (Lipinski definition) is 2. The topological polar surface area (TPSA) is 145 Å². The fourth-order valence-electron chi connectivity index (χ4n) is 5.78. The summed E-state index contributed by atoms with van der Waals surface area (Å²) < 4.78 is 30.1. The lowest BCUT2D eigenvalue weighted by Crippen LogP contribution is -2.50. The van der Waals surface area contributed by atoms with Gasteiger partial charge in [-0.2, -0.15) is 5.26 Å². The number of nitriles is 1. The van der Waals surface area contributed by atoms with Crippen LogP contribution in [-0.2, 0) is 29.2 Å². The second-order valence-corrected chi connectivity index (χ2v) is 15.8. The third-order valence-electron chi connectivity index (χ3n) is 8.70. The minimum Gasteiger partial charge on any atom is -0.497 e. The number of carbonyl (C=O) groups excluding carboxylic acids is 2. The molecule has 57 heavy (non-hydrogen) atoms. The third-order valence-corrected chi connectivity index (χ3v) is 9.54. The Kier molecular flexibility index (Phi) is 14.4. The minimum absolute atomic E-state index is 0.00688. The van der Waals surface area contributed by atoms with Gasteiger partial charge in [-0.3, -0.25) is 4.79 Å². The maximum Gasteiger partial charge on any atom is 0.408 e. The molecule has 296 valence electrons. The number of alkyl carbamates (subject to hydrolysis) is 1. The van der Waals surface area contributed by atoms with Gasteiger partial charge in [-0.15, -0.1) is 0 Å². The number of ether oxygens (including phenoxy) is 4. The van der Waals surface area contributed by atoms with Crippen molar-refractivity contribution in [2.45, 2.75) is 71.9 Å². The molecule has 11 nitrogen and oxygen atoms in total. The lowest BCUT2D eigenvalue weighted by Gasteiger charge is -2.26. The molecule has 0 aliphatic rings. The number of oxazole rings is 1. The highest BCUT2D eigenvalue weighted by Crippen LogP contribution is 2.35. The molecule has 4 aromatic carbocycles. The zero-order valence-corrected chi connectivity index (χ0v) is 35.1. The van der Waals surface area contributed by atoms with Crippen LogP contribution in [-0.4, -0.2) is 35.7 Å². The number of amides is 2. The number of nitrogens with zero attached hydrogens (tertiary/aromatic N) is 2. The first-order valence-corrected chi connectivity index (χ1v) is 19.5. The van der Waals surface area contributed by atoms with Gasteiger partial charge in [0.1, 0.15) is 54.2 Å². The van der Waals surface area contributed by atoms with Crippen LogP contribution in [0.25, 0.3) is 5.57 Å². The van der Waals surface area contributed by atoms with Crippen LogP contribution in [0, 0.1) is 20.8 Å². The van der Waals surface area contributed by atoms with Gasteiger partial charge in [-0.25, -0.2) is 9.78 Å². The predicted molar refractivity (Wildman–Crippen MR) is 226 cm³/mol. The first-order valence-electron chi connectivity index (χ1n) is 18.4. The lowest BCUT2D eigenvalue weighted by atomic mass is 10.0. The van der Waals surface area contributed by atoms with E-state index in [0.29, 0.717) is 29.2 Å². The number of methoxy groups -OCH3 is 1. The molecule has 12 heteroatoms. The van der Waals surface area contributed by atoms with Crippen molar-refractivity contribution in [1.82, 2.24) is 15.6 Å². The van der Waals surface area contributed by atoms with Crippen molar-refractivity contribution >= 4 is 40.2 Å². The summed E-state index contributed by atoms with van der Waals surface area (Å²) in [5.74, 6) is 1.53. The highest BCUT2D eigenvalue weighted by Gasteiger charge is 2.32. The summed E-state index contributed by atoms with van der Waals surface area (Å²) in [6, 6.07) is 30.7. The number of benzene rings is 4. The Hall–Kier alpha value is -5.81. The van der Waals surface area contributed by atoms with Gasteiger partial charge in [0.25, 0.3) is 0 Å². The van der Waals surface area contributed by atoms with E-state index in [2.05, 4.69) is 50.9 Å². The molecule has 1 aromatic heterocycles. The number of halogens is 1. The van der Waals surface area contributed by atoms with Gasteiger partial charge < -0.3 is 34.0 Å². The highest BCUT2D eigenvalue weighted by molar-refractivity contribution is 14.1. The Balaban J connectivity index is 1.36. The summed E-state index contributed by atoms with van der Waals surface area (Å²) in [5, 5.41) is 15.9. The van der Waals surface area contributed by atoms with Crippen LogP contribution >= 0.6 is 22.6 Å². The molecule has 0 saturated carbocycles. The van der Waals surface area contributed by atoms with E-state index in [1.54, 1.807) is 27.9 Å². The molecule has 0 aliphatic heterocycles. The van der Waals surface area contributed by atoms with Crippen molar-refractivity contribution < 1.29 is 33.0 Å². The normalized spacial score (nSPS) is 12.2. The average Bonchev–Trinajstić information content (AvgIpc) is 3.62. The molecular formula is C45H47IN4O7. The summed E-state index contributed by atoms with van der Waals surface area (Å²) in [7, 11) is 1.61. The summed E-state index contributed by atoms with van der Waals surface area (Å²) >= 11 is 2.20. The molecule has 0 bridgehead atoms. The number of carbonyl (C=O) groups is 2. The van der Waals surface area contributed by atoms with Crippen molar-refractivity contribution in [2.24, 2.45) is 5.92 Å². The van der Waals surface area contributed by atoms with Crippen molar-refractivity contribution in [3.63, 3.8) is 0 Å². The molecule has 2 atom stereocenters. The molecule has 1 heterocycles. The molecule has 0 fully saturated rings. The Morgan fingerprint density at radius 1 is 0.877 bits per heavy atom. The van der Waals surface area contributed by atoms with Crippen molar-refractivity contribution in [2.75, 3.05) is 7.11 Å². The molecular weight excluding hydrogens is 835 g/mol. The lowest BCUT2D eigenvalue weighted by molar-refractivity contribution is -0.124. The van der Waals surface area contributed by atoms with E-state index < -0.39 is 29.7 Å². The zero-order chi connectivity index (χ0) is 41.1. The van der Waals surface area contributed by atoms with Gasteiger partial charge in [0.2, 0.25) is 11.8 Å². The maximum absolute atomic E-state index is 14.2. The Morgan fingerprint density at radius 3 is 2.14 bits per heavy atom. The molecule has 5 rings (SSSR count). The van der Waals surface area contributed by atoms with Gasteiger partial charge in [0.05, 0.1) is 10.7 Å². The number of aromatic nitrogens is 1. The largest absolute Gasteiger partial charge is 0.497 e. The fourth-order valence-corrected chi connectivity index (χ4v) is 6.52. The number of hydrogen-bond acceptors (Lipinski definition) is 9. The van der Waals surface area contributed by atoms with Crippen LogP contribution in [0.2, 0.25) is 0 Å². The van der Waals surface area contributed by atoms with Gasteiger partial charge in [0.15, 0.2) is 11.5 Å². The first kappa shape index (κ1) is 42.3. The quantitative estimate of drug-likeness (QED) is 0.0927. The summed E-state index contributed by atoms with van der Waals surface area (Å²) in [4.78, 5) is 31.7. The van der Waals surface area contributed by atoms with Crippen LogP contribution in [0.5, 0.6) is 17.2 Å². The number of rotatable bonds is 16. The summed E-state index contributed by atoms with van der Waals surface area (Å²) in [6.45, 7) is 14.0. The monoisotopic (exact) mass is 882 g/mol. The first-order chi connectivity index (χ1) is 27.2. The smallest absolute Gasteiger partial charge is 0.408 e. The molecule has 0 saturated heterocycles. The van der Waals surface area contributed by atoms with E-state index in [0.717, 1.165) is 26.0 Å². The van der Waals surface area contributed by atoms with Gasteiger partial charge >= 0.3 is 6.09 Å². The standard InChI is InChI=1S/C45H47IN4O7/c1-28(2)40(43-48-37(25-47)41(56-43)29(3)34-15-11-12-16-38(34)54-27-31-17-20-33(53-7)21-18-31)50-42(51)36(49-44(52)57-45(4,5)6)24-32-19-22-39(35(46)23-32)55-26-30-13-9-8-10-14-30/h8-23,28,36,40H,3,24,26-27H2,1-2,4-7H3,(H,49,52)(H,50,51)/t36-,40-/m0/s1. The van der Waals surface area contributed by atoms with Crippen molar-refractivity contribution in [3.8, 4) is 23.3 Å². The van der Waals surface area contributed by atoms with E-state index in [-0.39, 0.29) is 36.3 Å². The van der Waals surface area contributed by atoms with Crippen LogP contribution in [0.4, 0.5) is 4.79 Å². The van der Waals surface area contributed by atoms with Crippen molar-refractivity contribution in [3.05, 3.63) is 147 Å². The van der Waals surface area contributed by atoms with E-state index in [1.807, 2.05) is 111 Å². The number of para-hydroxylation sites is 1. The minimum atomic E-state index is -1.04. The fraction of sp³-hybridized carbons (Fsp3) is 0.289. The molecule has 2 amide bonds. The van der Waals surface area contributed by atoms with E-state index in [9.17, 15) is 14.9 Å². The number of nitrogens with one attached hydrogen (secondary N) is 2. The zero-order valence-electron chi connectivity index (χ0n) is 32.9. The molecule has 0 radical (unpaired) electrons. The second kappa shape index (κ2) is 19.4.